The molecule has 5 nitrogen and oxygen atoms in total. The third-order valence-electron chi connectivity index (χ3n) is 7.70. The number of allylic oxidation sites excluding steroid dienone is 3. The summed E-state index contributed by atoms with van der Waals surface area (Å²) in [5.74, 6) is -0.00258. The molecule has 0 N–H and O–H groups in total. The zero-order chi connectivity index (χ0) is 23.9. The summed E-state index contributed by atoms with van der Waals surface area (Å²) in [6.07, 6.45) is 3.37. The lowest BCUT2D eigenvalue weighted by atomic mass is 9.95. The minimum absolute atomic E-state index is 0.0488. The number of carbonyl (C=O) groups is 1. The van der Waals surface area contributed by atoms with Crippen molar-refractivity contribution in [3.8, 4) is 5.75 Å². The summed E-state index contributed by atoms with van der Waals surface area (Å²) in [5, 5.41) is 0. The lowest BCUT2D eigenvalue weighted by Crippen LogP contribution is -2.54. The molecular weight excluding hydrogens is 443 g/mol. The molecule has 3 fully saturated rings. The van der Waals surface area contributed by atoms with E-state index in [1.807, 2.05) is 4.90 Å². The van der Waals surface area contributed by atoms with Crippen LogP contribution in [0.5, 0.6) is 5.75 Å². The van der Waals surface area contributed by atoms with Crippen molar-refractivity contribution in [3.05, 3.63) is 52.7 Å². The fourth-order valence-corrected chi connectivity index (χ4v) is 6.05. The Morgan fingerprint density at radius 2 is 1.82 bits per heavy atom. The monoisotopic (exact) mass is 475 g/mol. The van der Waals surface area contributed by atoms with Crippen LogP contribution in [-0.4, -0.2) is 65.7 Å². The number of nitrogens with zero attached hydrogens (tertiary/aromatic N) is 3. The lowest BCUT2D eigenvalue weighted by Gasteiger charge is -2.45. The van der Waals surface area contributed by atoms with Crippen molar-refractivity contribution in [1.82, 2.24) is 14.7 Å². The molecule has 1 aromatic carbocycles. The first-order valence-electron chi connectivity index (χ1n) is 12.3. The lowest BCUT2D eigenvalue weighted by molar-refractivity contribution is -0.274. The van der Waals surface area contributed by atoms with Crippen LogP contribution in [-0.2, 0) is 11.3 Å². The molecule has 2 atom stereocenters. The van der Waals surface area contributed by atoms with E-state index in [0.717, 1.165) is 49.2 Å². The molecule has 5 rings (SSSR count). The molecule has 184 valence electrons. The largest absolute Gasteiger partial charge is 0.573 e. The van der Waals surface area contributed by atoms with E-state index < -0.39 is 6.36 Å². The second kappa shape index (κ2) is 9.29. The van der Waals surface area contributed by atoms with E-state index in [4.69, 9.17) is 0 Å². The molecule has 0 bridgehead atoms. The third kappa shape index (κ3) is 4.97. The Balaban J connectivity index is 1.26. The summed E-state index contributed by atoms with van der Waals surface area (Å²) in [6, 6.07) is 6.43. The van der Waals surface area contributed by atoms with Crippen molar-refractivity contribution in [2.24, 2.45) is 5.92 Å². The van der Waals surface area contributed by atoms with E-state index in [9.17, 15) is 18.0 Å². The van der Waals surface area contributed by atoms with Crippen LogP contribution in [0.1, 0.15) is 44.6 Å². The Kier molecular flexibility index (Phi) is 6.35. The van der Waals surface area contributed by atoms with E-state index in [0.29, 0.717) is 19.1 Å². The zero-order valence-corrected chi connectivity index (χ0v) is 19.6. The summed E-state index contributed by atoms with van der Waals surface area (Å²) < 4.78 is 41.1. The number of piperazine rings is 1. The number of carbonyl (C=O) groups excluding carboxylic acids is 1. The molecule has 2 unspecified atom stereocenters. The number of piperidine rings is 1. The SMILES string of the molecule is CC1=C2C(=O)N(Cc3ccc(OC(F)(F)F)cc3)CC2CCC(N2CCN3CCCCC3C2)=C1. The normalized spacial score (nSPS) is 26.2. The maximum Gasteiger partial charge on any atom is 0.573 e. The highest BCUT2D eigenvalue weighted by molar-refractivity contribution is 5.97. The number of hydrogen-bond acceptors (Lipinski definition) is 4. The fourth-order valence-electron chi connectivity index (χ4n) is 6.05. The molecule has 1 aromatic rings. The van der Waals surface area contributed by atoms with Gasteiger partial charge >= 0.3 is 6.36 Å². The molecule has 0 aromatic heterocycles. The van der Waals surface area contributed by atoms with Crippen LogP contribution in [0.3, 0.4) is 0 Å². The highest BCUT2D eigenvalue weighted by Gasteiger charge is 2.38. The summed E-state index contributed by atoms with van der Waals surface area (Å²) >= 11 is 0. The topological polar surface area (TPSA) is 36.0 Å². The molecule has 0 saturated carbocycles. The summed E-state index contributed by atoms with van der Waals surface area (Å²) in [7, 11) is 0. The zero-order valence-electron chi connectivity index (χ0n) is 19.6. The van der Waals surface area contributed by atoms with Crippen LogP contribution >= 0.6 is 0 Å². The van der Waals surface area contributed by atoms with E-state index in [1.165, 1.54) is 43.6 Å². The average molecular weight is 476 g/mol. The number of alkyl halides is 3. The quantitative estimate of drug-likeness (QED) is 0.632. The van der Waals surface area contributed by atoms with Gasteiger partial charge in [-0.1, -0.05) is 18.6 Å². The Labute approximate surface area is 198 Å². The van der Waals surface area contributed by atoms with Gasteiger partial charge < -0.3 is 14.5 Å². The van der Waals surface area contributed by atoms with E-state index >= 15 is 0 Å². The van der Waals surface area contributed by atoms with Gasteiger partial charge in [-0.2, -0.15) is 0 Å². The fraction of sp³-hybridized carbons (Fsp3) is 0.577. The molecule has 0 spiro atoms. The number of likely N-dealkylation sites (tertiary alicyclic amines) is 1. The Morgan fingerprint density at radius 3 is 2.59 bits per heavy atom. The van der Waals surface area contributed by atoms with Gasteiger partial charge in [0.25, 0.3) is 5.91 Å². The van der Waals surface area contributed by atoms with Crippen molar-refractivity contribution in [2.45, 2.75) is 58.0 Å². The Hall–Kier alpha value is -2.48. The number of fused-ring (bicyclic) bond motifs is 2. The number of amides is 1. The average Bonchev–Trinajstić information content (AvgIpc) is 3.01. The van der Waals surface area contributed by atoms with E-state index in [2.05, 4.69) is 27.5 Å². The molecule has 8 heteroatoms. The van der Waals surface area contributed by atoms with Crippen LogP contribution in [0.15, 0.2) is 47.2 Å². The maximum atomic E-state index is 13.3. The van der Waals surface area contributed by atoms with Crippen molar-refractivity contribution < 1.29 is 22.7 Å². The minimum Gasteiger partial charge on any atom is -0.406 e. The molecule has 0 radical (unpaired) electrons. The predicted octanol–water partition coefficient (Wildman–Crippen LogP) is 4.71. The van der Waals surface area contributed by atoms with Crippen LogP contribution < -0.4 is 4.74 Å². The van der Waals surface area contributed by atoms with Crippen molar-refractivity contribution in [2.75, 3.05) is 32.7 Å². The van der Waals surface area contributed by atoms with E-state index in [1.54, 1.807) is 12.1 Å². The predicted molar refractivity (Wildman–Crippen MR) is 123 cm³/mol. The first kappa shape index (κ1) is 23.3. The third-order valence-corrected chi connectivity index (χ3v) is 7.70. The van der Waals surface area contributed by atoms with Crippen molar-refractivity contribution in [1.29, 1.82) is 0 Å². The second-order valence-electron chi connectivity index (χ2n) is 9.98. The minimum atomic E-state index is -4.71. The molecular formula is C26H32F3N3O2. The van der Waals surface area contributed by atoms with Gasteiger partial charge in [0.05, 0.1) is 0 Å². The molecule has 1 aliphatic carbocycles. The number of ether oxygens (including phenoxy) is 1. The van der Waals surface area contributed by atoms with Gasteiger partial charge in [0, 0.05) is 56.0 Å². The first-order chi connectivity index (χ1) is 16.3. The van der Waals surface area contributed by atoms with Crippen molar-refractivity contribution in [3.63, 3.8) is 0 Å². The van der Waals surface area contributed by atoms with Gasteiger partial charge in [0.15, 0.2) is 0 Å². The smallest absolute Gasteiger partial charge is 0.406 e. The van der Waals surface area contributed by atoms with Gasteiger partial charge in [0.2, 0.25) is 0 Å². The van der Waals surface area contributed by atoms with Crippen LogP contribution in [0.25, 0.3) is 0 Å². The summed E-state index contributed by atoms with van der Waals surface area (Å²) in [5.41, 5.74) is 4.12. The van der Waals surface area contributed by atoms with Gasteiger partial charge in [-0.25, -0.2) is 0 Å². The summed E-state index contributed by atoms with van der Waals surface area (Å²) in [4.78, 5) is 20.3. The van der Waals surface area contributed by atoms with Crippen LogP contribution in [0, 0.1) is 5.92 Å². The molecule has 3 saturated heterocycles. The van der Waals surface area contributed by atoms with Crippen molar-refractivity contribution >= 4 is 5.91 Å². The second-order valence-corrected chi connectivity index (χ2v) is 9.98. The highest BCUT2D eigenvalue weighted by Crippen LogP contribution is 2.37. The number of benzene rings is 1. The standard InChI is InChI=1S/C26H32F3N3O2/c1-18-14-21(31-13-12-30-11-3-2-4-22(30)17-31)8-7-20-16-32(25(33)24(18)20)15-19-5-9-23(10-6-19)34-26(27,28)29/h5-6,9-10,14,20,22H,2-4,7-8,11-13,15-17H2,1H3. The Bertz CT molecular complexity index is 986. The van der Waals surface area contributed by atoms with Gasteiger partial charge in [-0.15, -0.1) is 13.2 Å². The molecule has 3 heterocycles. The number of halogens is 3. The highest BCUT2D eigenvalue weighted by atomic mass is 19.4. The summed E-state index contributed by atoms with van der Waals surface area (Å²) in [6.45, 7) is 7.60. The van der Waals surface area contributed by atoms with Gasteiger partial charge in [-0.3, -0.25) is 9.69 Å². The Morgan fingerprint density at radius 1 is 1.03 bits per heavy atom. The van der Waals surface area contributed by atoms with Gasteiger partial charge in [-0.05, 0) is 68.5 Å². The number of rotatable bonds is 4. The molecule has 4 aliphatic rings. The first-order valence-corrected chi connectivity index (χ1v) is 12.3. The number of hydrogen-bond donors (Lipinski definition) is 0. The van der Waals surface area contributed by atoms with Gasteiger partial charge in [0.1, 0.15) is 5.75 Å². The van der Waals surface area contributed by atoms with E-state index in [-0.39, 0.29) is 17.6 Å². The molecule has 3 aliphatic heterocycles. The van der Waals surface area contributed by atoms with Crippen LogP contribution in [0.4, 0.5) is 13.2 Å². The van der Waals surface area contributed by atoms with Crippen LogP contribution in [0.2, 0.25) is 0 Å². The molecule has 34 heavy (non-hydrogen) atoms. The molecule has 1 amide bonds. The maximum absolute atomic E-state index is 13.3.